The lowest BCUT2D eigenvalue weighted by atomic mass is 10.2. The third kappa shape index (κ3) is 4.70. The molecule has 0 unspecified atom stereocenters. The Kier molecular flexibility index (Phi) is 5.24. The highest BCUT2D eigenvalue weighted by Gasteiger charge is 2.20. The van der Waals surface area contributed by atoms with Gasteiger partial charge in [-0.2, -0.15) is 4.98 Å². The molecule has 2 heterocycles. The van der Waals surface area contributed by atoms with Crippen LogP contribution in [0.15, 0.2) is 34.2 Å². The van der Waals surface area contributed by atoms with Crippen molar-refractivity contribution >= 4 is 21.2 Å². The first-order valence-electron chi connectivity index (χ1n) is 7.67. The van der Waals surface area contributed by atoms with Gasteiger partial charge in [-0.05, 0) is 30.7 Å². The molecule has 0 radical (unpaired) electrons. The zero-order valence-corrected chi connectivity index (χ0v) is 15.1. The van der Waals surface area contributed by atoms with Gasteiger partial charge in [-0.15, -0.1) is 11.3 Å². The molecule has 9 heteroatoms. The van der Waals surface area contributed by atoms with Crippen LogP contribution in [0.1, 0.15) is 30.8 Å². The lowest BCUT2D eigenvalue weighted by Crippen LogP contribution is -2.08. The standard InChI is InChI=1S/C16H16FN3O3S2/c1-2-3-14-19-15(23-20-14)10-25(21,22)9-13-8-24-16(18-13)11-4-6-12(17)7-5-11/h4-8H,2-3,9-10H2,1H3. The van der Waals surface area contributed by atoms with E-state index >= 15 is 0 Å². The second-order valence-electron chi connectivity index (χ2n) is 5.54. The van der Waals surface area contributed by atoms with Crippen molar-refractivity contribution in [1.29, 1.82) is 0 Å². The van der Waals surface area contributed by atoms with Crippen molar-refractivity contribution < 1.29 is 17.3 Å². The van der Waals surface area contributed by atoms with Crippen molar-refractivity contribution in [2.45, 2.75) is 31.3 Å². The maximum atomic E-state index is 13.0. The number of rotatable bonds is 7. The molecule has 0 aliphatic carbocycles. The van der Waals surface area contributed by atoms with E-state index in [1.807, 2.05) is 6.92 Å². The zero-order valence-electron chi connectivity index (χ0n) is 13.5. The van der Waals surface area contributed by atoms with Gasteiger partial charge in [0.05, 0.1) is 11.4 Å². The molecule has 6 nitrogen and oxygen atoms in total. The number of nitrogens with zero attached hydrogens (tertiary/aromatic N) is 3. The summed E-state index contributed by atoms with van der Waals surface area (Å²) in [6.45, 7) is 1.98. The SMILES string of the molecule is CCCc1noc(CS(=O)(=O)Cc2csc(-c3ccc(F)cc3)n2)n1. The van der Waals surface area contributed by atoms with Crippen LogP contribution in [0.4, 0.5) is 4.39 Å². The first-order chi connectivity index (χ1) is 11.9. The molecular weight excluding hydrogens is 365 g/mol. The molecule has 0 bridgehead atoms. The van der Waals surface area contributed by atoms with Gasteiger partial charge in [0, 0.05) is 17.4 Å². The minimum absolute atomic E-state index is 0.0948. The minimum Gasteiger partial charge on any atom is -0.338 e. The Bertz CT molecular complexity index is 949. The summed E-state index contributed by atoms with van der Waals surface area (Å²) in [6.07, 6.45) is 1.51. The predicted molar refractivity (Wildman–Crippen MR) is 92.1 cm³/mol. The molecule has 0 saturated heterocycles. The number of halogens is 1. The predicted octanol–water partition coefficient (Wildman–Crippen LogP) is 3.40. The van der Waals surface area contributed by atoms with Crippen LogP contribution in [-0.2, 0) is 27.8 Å². The Labute approximate surface area is 148 Å². The number of hydrogen-bond acceptors (Lipinski definition) is 7. The minimum atomic E-state index is -3.48. The van der Waals surface area contributed by atoms with E-state index in [1.165, 1.54) is 23.5 Å². The van der Waals surface area contributed by atoms with E-state index in [1.54, 1.807) is 17.5 Å². The fourth-order valence-electron chi connectivity index (χ4n) is 2.24. The highest BCUT2D eigenvalue weighted by Crippen LogP contribution is 2.25. The Morgan fingerprint density at radius 2 is 1.92 bits per heavy atom. The summed E-state index contributed by atoms with van der Waals surface area (Å²) in [5, 5.41) is 6.09. The first-order valence-corrected chi connectivity index (χ1v) is 10.4. The molecule has 2 aromatic heterocycles. The molecule has 0 saturated carbocycles. The lowest BCUT2D eigenvalue weighted by Gasteiger charge is -1.99. The molecule has 132 valence electrons. The van der Waals surface area contributed by atoms with Gasteiger partial charge in [-0.25, -0.2) is 17.8 Å². The fraction of sp³-hybridized carbons (Fsp3) is 0.312. The summed E-state index contributed by atoms with van der Waals surface area (Å²) in [5.74, 6) is -0.244. The maximum Gasteiger partial charge on any atom is 0.241 e. The van der Waals surface area contributed by atoms with Crippen molar-refractivity contribution in [3.63, 3.8) is 0 Å². The molecular formula is C16H16FN3O3S2. The van der Waals surface area contributed by atoms with Crippen molar-refractivity contribution in [2.24, 2.45) is 0 Å². The third-order valence-corrected chi connectivity index (χ3v) is 5.70. The highest BCUT2D eigenvalue weighted by molar-refractivity contribution is 7.89. The van der Waals surface area contributed by atoms with Gasteiger partial charge in [0.15, 0.2) is 15.7 Å². The average Bonchev–Trinajstić information content (AvgIpc) is 3.17. The fourth-order valence-corrected chi connectivity index (χ4v) is 4.36. The largest absolute Gasteiger partial charge is 0.338 e. The topological polar surface area (TPSA) is 86.0 Å². The molecule has 3 aromatic rings. The highest BCUT2D eigenvalue weighted by atomic mass is 32.2. The Hall–Kier alpha value is -2.13. The second-order valence-corrected chi connectivity index (χ2v) is 8.46. The molecule has 3 rings (SSSR count). The van der Waals surface area contributed by atoms with Crippen LogP contribution in [-0.4, -0.2) is 23.5 Å². The molecule has 0 amide bonds. The number of aryl methyl sites for hydroxylation is 1. The van der Waals surface area contributed by atoms with Gasteiger partial charge in [-0.1, -0.05) is 12.1 Å². The van der Waals surface area contributed by atoms with Crippen LogP contribution in [0.3, 0.4) is 0 Å². The number of thiazole rings is 1. The van der Waals surface area contributed by atoms with Gasteiger partial charge in [-0.3, -0.25) is 0 Å². The van der Waals surface area contributed by atoms with E-state index in [-0.39, 0.29) is 23.2 Å². The van der Waals surface area contributed by atoms with Crippen molar-refractivity contribution in [3.8, 4) is 10.6 Å². The lowest BCUT2D eigenvalue weighted by molar-refractivity contribution is 0.382. The van der Waals surface area contributed by atoms with E-state index in [2.05, 4.69) is 15.1 Å². The summed E-state index contributed by atoms with van der Waals surface area (Å²) in [7, 11) is -3.48. The van der Waals surface area contributed by atoms with Crippen molar-refractivity contribution in [1.82, 2.24) is 15.1 Å². The van der Waals surface area contributed by atoms with Gasteiger partial charge in [0.1, 0.15) is 16.6 Å². The Morgan fingerprint density at radius 3 is 2.64 bits per heavy atom. The second kappa shape index (κ2) is 7.40. The molecule has 0 aliphatic rings. The van der Waals surface area contributed by atoms with Crippen molar-refractivity contribution in [3.05, 3.63) is 52.9 Å². The molecule has 0 fully saturated rings. The first kappa shape index (κ1) is 17.7. The molecule has 0 aliphatic heterocycles. The van der Waals surface area contributed by atoms with Gasteiger partial charge < -0.3 is 4.52 Å². The monoisotopic (exact) mass is 381 g/mol. The van der Waals surface area contributed by atoms with E-state index in [0.717, 1.165) is 12.0 Å². The summed E-state index contributed by atoms with van der Waals surface area (Å²) in [6, 6.07) is 5.91. The van der Waals surface area contributed by atoms with E-state index in [4.69, 9.17) is 4.52 Å². The number of benzene rings is 1. The molecule has 0 atom stereocenters. The number of hydrogen-bond donors (Lipinski definition) is 0. The van der Waals surface area contributed by atoms with Gasteiger partial charge in [0.25, 0.3) is 0 Å². The van der Waals surface area contributed by atoms with Gasteiger partial charge in [0.2, 0.25) is 5.89 Å². The van der Waals surface area contributed by atoms with E-state index < -0.39 is 9.84 Å². The number of aromatic nitrogens is 3. The summed E-state index contributed by atoms with van der Waals surface area (Å²) < 4.78 is 42.6. The van der Waals surface area contributed by atoms with Crippen LogP contribution in [0.25, 0.3) is 10.6 Å². The maximum absolute atomic E-state index is 13.0. The van der Waals surface area contributed by atoms with Crippen LogP contribution in [0, 0.1) is 5.82 Å². The Balaban J connectivity index is 1.69. The van der Waals surface area contributed by atoms with E-state index in [9.17, 15) is 12.8 Å². The smallest absolute Gasteiger partial charge is 0.241 e. The molecule has 0 N–H and O–H groups in total. The normalized spacial score (nSPS) is 11.8. The summed E-state index contributed by atoms with van der Waals surface area (Å²) in [5.41, 5.74) is 1.19. The zero-order chi connectivity index (χ0) is 17.9. The van der Waals surface area contributed by atoms with Crippen LogP contribution in [0.2, 0.25) is 0 Å². The third-order valence-electron chi connectivity index (χ3n) is 3.34. The molecule has 1 aromatic carbocycles. The van der Waals surface area contributed by atoms with Crippen LogP contribution in [0.5, 0.6) is 0 Å². The van der Waals surface area contributed by atoms with Gasteiger partial charge >= 0.3 is 0 Å². The van der Waals surface area contributed by atoms with Crippen molar-refractivity contribution in [2.75, 3.05) is 0 Å². The quantitative estimate of drug-likeness (QED) is 0.623. The van der Waals surface area contributed by atoms with Crippen LogP contribution >= 0.6 is 11.3 Å². The summed E-state index contributed by atoms with van der Waals surface area (Å²) in [4.78, 5) is 8.40. The Morgan fingerprint density at radius 1 is 1.16 bits per heavy atom. The molecule has 25 heavy (non-hydrogen) atoms. The van der Waals surface area contributed by atoms with E-state index in [0.29, 0.717) is 22.9 Å². The molecule has 0 spiro atoms. The van der Waals surface area contributed by atoms with Crippen LogP contribution < -0.4 is 0 Å². The average molecular weight is 381 g/mol. The number of sulfone groups is 1. The summed E-state index contributed by atoms with van der Waals surface area (Å²) >= 11 is 1.32.